The normalized spacial score (nSPS) is 23.5. The fourth-order valence-corrected chi connectivity index (χ4v) is 5.59. The Balaban J connectivity index is 1.33. The maximum atomic E-state index is 12.3. The van der Waals surface area contributed by atoms with Crippen molar-refractivity contribution in [2.75, 3.05) is 11.9 Å². The van der Waals surface area contributed by atoms with Gasteiger partial charge in [0.25, 0.3) is 5.56 Å². The summed E-state index contributed by atoms with van der Waals surface area (Å²) in [4.78, 5) is 17.5. The van der Waals surface area contributed by atoms with Gasteiger partial charge in [-0.25, -0.2) is 4.98 Å². The van der Waals surface area contributed by atoms with Gasteiger partial charge in [-0.05, 0) is 49.1 Å². The van der Waals surface area contributed by atoms with Gasteiger partial charge in [0.15, 0.2) is 0 Å². The maximum Gasteiger partial charge on any atom is 0.275 e. The van der Waals surface area contributed by atoms with Crippen molar-refractivity contribution < 1.29 is 0 Å². The first-order valence-corrected chi connectivity index (χ1v) is 10.7. The number of anilines is 1. The molecule has 0 aliphatic heterocycles. The minimum atomic E-state index is -0.0862. The molecule has 0 radical (unpaired) electrons. The predicted octanol–water partition coefficient (Wildman–Crippen LogP) is 3.81. The predicted molar refractivity (Wildman–Crippen MR) is 109 cm³/mol. The highest BCUT2D eigenvalue weighted by molar-refractivity contribution is 7.20. The second kappa shape index (κ2) is 6.44. The van der Waals surface area contributed by atoms with Gasteiger partial charge >= 0.3 is 0 Å². The molecule has 2 atom stereocenters. The van der Waals surface area contributed by atoms with Gasteiger partial charge in [-0.3, -0.25) is 4.79 Å². The Morgan fingerprint density at radius 1 is 1.37 bits per heavy atom. The summed E-state index contributed by atoms with van der Waals surface area (Å²) in [6.45, 7) is 3.00. The van der Waals surface area contributed by atoms with Crippen molar-refractivity contribution in [3.8, 4) is 0 Å². The third-order valence-corrected chi connectivity index (χ3v) is 7.02. The van der Waals surface area contributed by atoms with E-state index in [4.69, 9.17) is 0 Å². The molecule has 5 nitrogen and oxygen atoms in total. The van der Waals surface area contributed by atoms with Crippen molar-refractivity contribution in [1.29, 1.82) is 0 Å². The fraction of sp³-hybridized carbons (Fsp3) is 0.476. The van der Waals surface area contributed by atoms with E-state index in [1.54, 1.807) is 11.6 Å². The first kappa shape index (κ1) is 16.9. The summed E-state index contributed by atoms with van der Waals surface area (Å²) >= 11 is 1.47. The lowest BCUT2D eigenvalue weighted by atomic mass is 9.79. The van der Waals surface area contributed by atoms with Crippen LogP contribution in [0.25, 0.3) is 4.96 Å². The zero-order chi connectivity index (χ0) is 18.4. The average molecular weight is 381 g/mol. The van der Waals surface area contributed by atoms with E-state index >= 15 is 0 Å². The molecule has 0 bridgehead atoms. The molecule has 140 valence electrons. The number of aromatic nitrogens is 3. The highest BCUT2D eigenvalue weighted by atomic mass is 32.1. The molecule has 1 saturated carbocycles. The van der Waals surface area contributed by atoms with Crippen molar-refractivity contribution >= 4 is 21.4 Å². The van der Waals surface area contributed by atoms with Gasteiger partial charge in [-0.1, -0.05) is 48.9 Å². The Labute approximate surface area is 162 Å². The molecule has 2 aliphatic rings. The lowest BCUT2D eigenvalue weighted by molar-refractivity contribution is 0.503. The second-order valence-electron chi connectivity index (χ2n) is 7.89. The molecule has 1 aromatic carbocycles. The van der Waals surface area contributed by atoms with Crippen LogP contribution in [-0.2, 0) is 18.3 Å². The maximum absolute atomic E-state index is 12.3. The van der Waals surface area contributed by atoms with Crippen LogP contribution in [0.15, 0.2) is 35.1 Å². The van der Waals surface area contributed by atoms with Gasteiger partial charge < -0.3 is 5.32 Å². The Hall–Kier alpha value is -2.21. The summed E-state index contributed by atoms with van der Waals surface area (Å²) in [7, 11) is 0. The van der Waals surface area contributed by atoms with E-state index in [1.807, 2.05) is 0 Å². The molecule has 2 heterocycles. The molecule has 27 heavy (non-hydrogen) atoms. The highest BCUT2D eigenvalue weighted by Gasteiger charge is 2.56. The van der Waals surface area contributed by atoms with Crippen LogP contribution in [-0.4, -0.2) is 21.1 Å². The third-order valence-electron chi connectivity index (χ3n) is 6.16. The molecule has 1 N–H and O–H groups in total. The molecule has 6 heteroatoms. The molecular formula is C21H24N4OS. The molecule has 2 unspecified atom stereocenters. The van der Waals surface area contributed by atoms with Gasteiger partial charge in [0.2, 0.25) is 10.1 Å². The average Bonchev–Trinajstić information content (AvgIpc) is 3.18. The minimum absolute atomic E-state index is 0.0862. The summed E-state index contributed by atoms with van der Waals surface area (Å²) in [6.07, 6.45) is 6.85. The lowest BCUT2D eigenvalue weighted by Gasteiger charge is -2.26. The van der Waals surface area contributed by atoms with Gasteiger partial charge in [-0.15, -0.1) is 5.10 Å². The number of nitrogens with zero attached hydrogens (tertiary/aromatic N) is 3. The number of nitrogens with one attached hydrogen (secondary N) is 1. The SMILES string of the molecule is CCCc1cc(=O)n2nc(NCC3CC34CCCc3ccccc34)sc2n1. The topological polar surface area (TPSA) is 59.3 Å². The molecule has 1 fully saturated rings. The first-order valence-electron chi connectivity index (χ1n) is 9.92. The van der Waals surface area contributed by atoms with E-state index in [1.165, 1.54) is 47.1 Å². The largest absolute Gasteiger partial charge is 0.360 e. The number of hydrogen-bond acceptors (Lipinski definition) is 5. The van der Waals surface area contributed by atoms with Crippen LogP contribution in [0.3, 0.4) is 0 Å². The van der Waals surface area contributed by atoms with E-state index in [-0.39, 0.29) is 5.56 Å². The van der Waals surface area contributed by atoms with Crippen molar-refractivity contribution in [3.63, 3.8) is 0 Å². The zero-order valence-electron chi connectivity index (χ0n) is 15.6. The zero-order valence-corrected chi connectivity index (χ0v) is 16.4. The standard InChI is InChI=1S/C21H24N4OS/c1-2-6-16-11-18(26)25-20(23-16)27-19(24-25)22-13-15-12-21(15)10-5-8-14-7-3-4-9-17(14)21/h3-4,7,9,11,15H,2,5-6,8,10,12-13H2,1H3,(H,22,24). The summed E-state index contributed by atoms with van der Waals surface area (Å²) in [5, 5.41) is 8.72. The molecule has 3 aromatic rings. The van der Waals surface area contributed by atoms with Crippen molar-refractivity contribution in [2.24, 2.45) is 5.92 Å². The van der Waals surface area contributed by atoms with Crippen molar-refractivity contribution in [1.82, 2.24) is 14.6 Å². The molecule has 0 amide bonds. The smallest absolute Gasteiger partial charge is 0.275 e. The Kier molecular flexibility index (Phi) is 4.04. The first-order chi connectivity index (χ1) is 13.2. The lowest BCUT2D eigenvalue weighted by Crippen LogP contribution is -2.21. The molecule has 5 rings (SSSR count). The number of benzene rings is 1. The van der Waals surface area contributed by atoms with E-state index in [0.717, 1.165) is 30.2 Å². The number of rotatable bonds is 5. The summed E-state index contributed by atoms with van der Waals surface area (Å²) in [6, 6.07) is 10.6. The monoisotopic (exact) mass is 380 g/mol. The van der Waals surface area contributed by atoms with E-state index in [0.29, 0.717) is 16.3 Å². The Morgan fingerprint density at radius 3 is 3.15 bits per heavy atom. The molecule has 2 aromatic heterocycles. The molecule has 2 aliphatic carbocycles. The summed E-state index contributed by atoms with van der Waals surface area (Å²) < 4.78 is 1.42. The minimum Gasteiger partial charge on any atom is -0.360 e. The molecule has 0 saturated heterocycles. The Morgan fingerprint density at radius 2 is 2.26 bits per heavy atom. The summed E-state index contributed by atoms with van der Waals surface area (Å²) in [5.41, 5.74) is 4.23. The Bertz CT molecular complexity index is 1060. The van der Waals surface area contributed by atoms with Crippen LogP contribution in [0.1, 0.15) is 49.4 Å². The number of aryl methyl sites for hydroxylation is 2. The van der Waals surface area contributed by atoms with Crippen LogP contribution in [0.2, 0.25) is 0 Å². The summed E-state index contributed by atoms with van der Waals surface area (Å²) in [5.74, 6) is 0.645. The molecule has 1 spiro atoms. The van der Waals surface area contributed by atoms with E-state index in [9.17, 15) is 4.79 Å². The second-order valence-corrected chi connectivity index (χ2v) is 8.84. The van der Waals surface area contributed by atoms with Gasteiger partial charge in [-0.2, -0.15) is 4.52 Å². The van der Waals surface area contributed by atoms with Gasteiger partial charge in [0.05, 0.1) is 0 Å². The van der Waals surface area contributed by atoms with Gasteiger partial charge in [0, 0.05) is 23.7 Å². The van der Waals surface area contributed by atoms with E-state index < -0.39 is 0 Å². The quantitative estimate of drug-likeness (QED) is 0.731. The van der Waals surface area contributed by atoms with Crippen molar-refractivity contribution in [3.05, 3.63) is 57.5 Å². The number of hydrogen-bond donors (Lipinski definition) is 1. The van der Waals surface area contributed by atoms with Crippen LogP contribution in [0.4, 0.5) is 5.13 Å². The highest BCUT2D eigenvalue weighted by Crippen LogP contribution is 2.60. The van der Waals surface area contributed by atoms with Crippen LogP contribution in [0.5, 0.6) is 0 Å². The van der Waals surface area contributed by atoms with Crippen LogP contribution in [0, 0.1) is 5.92 Å². The molecular weight excluding hydrogens is 356 g/mol. The van der Waals surface area contributed by atoms with Crippen molar-refractivity contribution in [2.45, 2.75) is 50.9 Å². The van der Waals surface area contributed by atoms with E-state index in [2.05, 4.69) is 46.6 Å². The van der Waals surface area contributed by atoms with Crippen LogP contribution < -0.4 is 10.9 Å². The van der Waals surface area contributed by atoms with Crippen LogP contribution >= 0.6 is 11.3 Å². The third kappa shape index (κ3) is 2.87. The number of fused-ring (bicyclic) bond motifs is 3. The van der Waals surface area contributed by atoms with Gasteiger partial charge in [0.1, 0.15) is 0 Å². The fourth-order valence-electron chi connectivity index (χ4n) is 4.76.